The van der Waals surface area contributed by atoms with E-state index in [0.717, 1.165) is 17.6 Å². The number of nitro groups is 1. The zero-order valence-corrected chi connectivity index (χ0v) is 13.6. The van der Waals surface area contributed by atoms with Crippen molar-refractivity contribution in [1.82, 2.24) is 4.98 Å². The van der Waals surface area contributed by atoms with Crippen LogP contribution >= 0.6 is 11.3 Å². The summed E-state index contributed by atoms with van der Waals surface area (Å²) in [4.78, 5) is 14.4. The normalized spacial score (nSPS) is 11.7. The van der Waals surface area contributed by atoms with E-state index in [1.165, 1.54) is 18.2 Å². The minimum atomic E-state index is -4.05. The minimum absolute atomic E-state index is 0.0109. The zero-order valence-electron chi connectivity index (χ0n) is 12.0. The summed E-state index contributed by atoms with van der Waals surface area (Å²) in [7, 11) is -4.05. The van der Waals surface area contributed by atoms with Crippen LogP contribution in [0.5, 0.6) is 5.75 Å². The van der Waals surface area contributed by atoms with Crippen LogP contribution in [0.3, 0.4) is 0 Å². The molecule has 0 spiro atoms. The molecule has 0 aliphatic carbocycles. The smallest absolute Gasteiger partial charge is 0.350 e. The van der Waals surface area contributed by atoms with Crippen LogP contribution < -0.4 is 4.18 Å². The lowest BCUT2D eigenvalue weighted by Gasteiger charge is -2.05. The molecule has 0 unspecified atom stereocenters. The number of rotatable bonds is 4. The summed E-state index contributed by atoms with van der Waals surface area (Å²) < 4.78 is 34.8. The van der Waals surface area contributed by atoms with E-state index in [2.05, 4.69) is 4.98 Å². The molecule has 3 rings (SSSR count). The summed E-state index contributed by atoms with van der Waals surface area (Å²) in [5.41, 5.74) is 0.363. The van der Waals surface area contributed by atoms with Crippen molar-refractivity contribution in [2.75, 3.05) is 0 Å². The Balaban J connectivity index is 2.02. The number of hydrogen-bond acceptors (Lipinski definition) is 8. The largest absolute Gasteiger partial charge is 0.457 e. The Morgan fingerprint density at radius 3 is 2.70 bits per heavy atom. The topological polar surface area (TPSA) is 113 Å². The molecule has 0 fully saturated rings. The van der Waals surface area contributed by atoms with Gasteiger partial charge >= 0.3 is 15.8 Å². The standard InChI is InChI=1S/C13H10N2O6S2/c1-7-13(22-8(2)14-7)23(18,19)21-9-3-4-12-10(5-9)11(6-20-12)15(16)17/h3-6H,1-2H3. The Bertz CT molecular complexity index is 1020. The zero-order chi connectivity index (χ0) is 16.8. The highest BCUT2D eigenvalue weighted by Gasteiger charge is 2.24. The predicted molar refractivity (Wildman–Crippen MR) is 82.3 cm³/mol. The molecule has 2 aromatic heterocycles. The van der Waals surface area contributed by atoms with Crippen molar-refractivity contribution < 1.29 is 21.9 Å². The first-order chi connectivity index (χ1) is 10.8. The average molecular weight is 354 g/mol. The third-order valence-corrected chi connectivity index (χ3v) is 5.91. The molecule has 0 radical (unpaired) electrons. The fraction of sp³-hybridized carbons (Fsp3) is 0.154. The van der Waals surface area contributed by atoms with Crippen molar-refractivity contribution in [3.63, 3.8) is 0 Å². The SMILES string of the molecule is Cc1nc(C)c(S(=O)(=O)Oc2ccc3occ([N+](=O)[O-])c3c2)s1. The van der Waals surface area contributed by atoms with E-state index < -0.39 is 15.0 Å². The van der Waals surface area contributed by atoms with Crippen molar-refractivity contribution in [3.8, 4) is 5.75 Å². The number of thiazole rings is 1. The second-order valence-corrected chi connectivity index (χ2v) is 7.62. The third-order valence-electron chi connectivity index (χ3n) is 3.02. The molecule has 3 aromatic rings. The van der Waals surface area contributed by atoms with Gasteiger partial charge in [-0.05, 0) is 32.0 Å². The fourth-order valence-corrected chi connectivity index (χ4v) is 4.45. The summed E-state index contributed by atoms with van der Waals surface area (Å²) in [5, 5.41) is 11.7. The van der Waals surface area contributed by atoms with E-state index in [-0.39, 0.29) is 26.6 Å². The molecule has 1 aromatic carbocycles. The first-order valence-corrected chi connectivity index (χ1v) is 8.54. The molecule has 23 heavy (non-hydrogen) atoms. The van der Waals surface area contributed by atoms with Gasteiger partial charge in [0.05, 0.1) is 15.6 Å². The molecule has 0 bridgehead atoms. The van der Waals surface area contributed by atoms with Gasteiger partial charge in [0.15, 0.2) is 10.5 Å². The Kier molecular flexibility index (Phi) is 3.57. The quantitative estimate of drug-likeness (QED) is 0.401. The summed E-state index contributed by atoms with van der Waals surface area (Å²) >= 11 is 1.00. The van der Waals surface area contributed by atoms with Gasteiger partial charge in [-0.2, -0.15) is 8.42 Å². The monoisotopic (exact) mass is 354 g/mol. The van der Waals surface area contributed by atoms with Gasteiger partial charge < -0.3 is 8.60 Å². The van der Waals surface area contributed by atoms with Gasteiger partial charge in [0.25, 0.3) is 0 Å². The van der Waals surface area contributed by atoms with Crippen molar-refractivity contribution in [2.24, 2.45) is 0 Å². The lowest BCUT2D eigenvalue weighted by Crippen LogP contribution is -2.09. The molecule has 0 amide bonds. The summed E-state index contributed by atoms with van der Waals surface area (Å²) in [6, 6.07) is 4.05. The van der Waals surface area contributed by atoms with Crippen LogP contribution in [0.15, 0.2) is 33.1 Å². The molecule has 0 saturated carbocycles. The van der Waals surface area contributed by atoms with Gasteiger partial charge in [-0.1, -0.05) is 0 Å². The van der Waals surface area contributed by atoms with Crippen molar-refractivity contribution in [1.29, 1.82) is 0 Å². The van der Waals surface area contributed by atoms with Crippen LogP contribution in [0, 0.1) is 24.0 Å². The molecular formula is C13H10N2O6S2. The first-order valence-electron chi connectivity index (χ1n) is 6.32. The molecule has 0 atom stereocenters. The molecule has 8 nitrogen and oxygen atoms in total. The van der Waals surface area contributed by atoms with Crippen LogP contribution in [-0.4, -0.2) is 18.3 Å². The Morgan fingerprint density at radius 2 is 2.09 bits per heavy atom. The molecule has 0 N–H and O–H groups in total. The number of benzene rings is 1. The van der Waals surface area contributed by atoms with E-state index in [1.807, 2.05) is 0 Å². The van der Waals surface area contributed by atoms with Crippen LogP contribution in [-0.2, 0) is 10.1 Å². The number of hydrogen-bond donors (Lipinski definition) is 0. The Labute approximate surface area is 134 Å². The Hall–Kier alpha value is -2.46. The first kappa shape index (κ1) is 15.4. The highest BCUT2D eigenvalue weighted by Crippen LogP contribution is 2.33. The summed E-state index contributed by atoms with van der Waals surface area (Å²) in [6.07, 6.45) is 1.000. The van der Waals surface area contributed by atoms with Crippen LogP contribution in [0.2, 0.25) is 0 Å². The molecule has 10 heteroatoms. The third kappa shape index (κ3) is 2.78. The van der Waals surface area contributed by atoms with Crippen molar-refractivity contribution in [3.05, 3.63) is 45.3 Å². The molecule has 0 aliphatic rings. The lowest BCUT2D eigenvalue weighted by atomic mass is 10.2. The number of aryl methyl sites for hydroxylation is 2. The molecule has 120 valence electrons. The maximum absolute atomic E-state index is 12.3. The molecule has 0 aliphatic heterocycles. The number of furan rings is 1. The van der Waals surface area contributed by atoms with E-state index in [9.17, 15) is 18.5 Å². The van der Waals surface area contributed by atoms with Gasteiger partial charge in [0.1, 0.15) is 16.7 Å². The highest BCUT2D eigenvalue weighted by atomic mass is 32.3. The van der Waals surface area contributed by atoms with E-state index in [1.54, 1.807) is 13.8 Å². The minimum Gasteiger partial charge on any atom is -0.457 e. The molecular weight excluding hydrogens is 344 g/mol. The van der Waals surface area contributed by atoms with Crippen molar-refractivity contribution >= 4 is 38.1 Å². The lowest BCUT2D eigenvalue weighted by molar-refractivity contribution is -0.383. The maximum atomic E-state index is 12.3. The second-order valence-electron chi connectivity index (χ2n) is 4.68. The average Bonchev–Trinajstić information content (AvgIpc) is 3.01. The van der Waals surface area contributed by atoms with Gasteiger partial charge in [0, 0.05) is 0 Å². The van der Waals surface area contributed by atoms with Crippen LogP contribution in [0.1, 0.15) is 10.7 Å². The van der Waals surface area contributed by atoms with Gasteiger partial charge in [0.2, 0.25) is 0 Å². The maximum Gasteiger partial charge on any atom is 0.350 e. The van der Waals surface area contributed by atoms with E-state index in [0.29, 0.717) is 10.7 Å². The second kappa shape index (κ2) is 5.32. The predicted octanol–water partition coefficient (Wildman–Crippen LogP) is 3.18. The van der Waals surface area contributed by atoms with Crippen molar-refractivity contribution in [2.45, 2.75) is 18.1 Å². The fourth-order valence-electron chi connectivity index (χ4n) is 2.10. The van der Waals surface area contributed by atoms with Crippen LogP contribution in [0.25, 0.3) is 11.0 Å². The Morgan fingerprint density at radius 1 is 1.35 bits per heavy atom. The number of nitrogens with zero attached hydrogens (tertiary/aromatic N) is 2. The van der Waals surface area contributed by atoms with E-state index in [4.69, 9.17) is 8.60 Å². The van der Waals surface area contributed by atoms with E-state index >= 15 is 0 Å². The van der Waals surface area contributed by atoms with Gasteiger partial charge in [-0.3, -0.25) is 10.1 Å². The van der Waals surface area contributed by atoms with Gasteiger partial charge in [-0.25, -0.2) is 4.98 Å². The number of aromatic nitrogens is 1. The summed E-state index contributed by atoms with van der Waals surface area (Å²) in [5.74, 6) is -0.0348. The highest BCUT2D eigenvalue weighted by molar-refractivity contribution is 7.89. The molecule has 2 heterocycles. The van der Waals surface area contributed by atoms with Crippen LogP contribution in [0.4, 0.5) is 5.69 Å². The molecule has 0 saturated heterocycles. The van der Waals surface area contributed by atoms with Gasteiger partial charge in [-0.15, -0.1) is 11.3 Å². The number of fused-ring (bicyclic) bond motifs is 1. The summed E-state index contributed by atoms with van der Waals surface area (Å²) in [6.45, 7) is 3.27.